The number of nitrogens with zero attached hydrogens (tertiary/aromatic N) is 1. The smallest absolute Gasteiger partial charge is 0.240 e. The van der Waals surface area contributed by atoms with Gasteiger partial charge in [0.1, 0.15) is 0 Å². The van der Waals surface area contributed by atoms with Crippen molar-refractivity contribution in [1.29, 1.82) is 0 Å². The van der Waals surface area contributed by atoms with E-state index in [1.807, 2.05) is 32.0 Å². The average molecular weight is 348 g/mol. The van der Waals surface area contributed by atoms with Crippen LogP contribution in [0.1, 0.15) is 24.8 Å². The number of sulfonamides is 1. The zero-order chi connectivity index (χ0) is 15.6. The van der Waals surface area contributed by atoms with E-state index in [4.69, 9.17) is 5.73 Å². The van der Waals surface area contributed by atoms with E-state index in [-0.39, 0.29) is 24.4 Å². The third kappa shape index (κ3) is 4.13. The molecule has 1 saturated carbocycles. The average Bonchev–Trinajstić information content (AvgIpc) is 2.85. The third-order valence-corrected chi connectivity index (χ3v) is 5.73. The molecule has 0 spiro atoms. The highest BCUT2D eigenvalue weighted by atomic mass is 35.5. The number of halogens is 1. The van der Waals surface area contributed by atoms with Crippen molar-refractivity contribution in [3.8, 4) is 0 Å². The lowest BCUT2D eigenvalue weighted by molar-refractivity contribution is 0.453. The van der Waals surface area contributed by atoms with Gasteiger partial charge < -0.3 is 10.6 Å². The summed E-state index contributed by atoms with van der Waals surface area (Å²) < 4.78 is 28.0. The largest absolute Gasteiger partial charge is 0.377 e. The lowest BCUT2D eigenvalue weighted by atomic mass is 10.1. The Morgan fingerprint density at radius 3 is 2.59 bits per heavy atom. The first-order valence-electron chi connectivity index (χ1n) is 7.35. The molecular formula is C15H26ClN3O2S. The number of nitrogens with two attached hydrogens (primary N) is 1. The molecule has 2 atom stereocenters. The summed E-state index contributed by atoms with van der Waals surface area (Å²) >= 11 is 0. The maximum Gasteiger partial charge on any atom is 0.240 e. The Morgan fingerprint density at radius 1 is 1.32 bits per heavy atom. The fourth-order valence-electron chi connectivity index (χ4n) is 2.98. The molecule has 1 aromatic rings. The highest BCUT2D eigenvalue weighted by molar-refractivity contribution is 7.89. The van der Waals surface area contributed by atoms with Crippen LogP contribution in [0.25, 0.3) is 0 Å². The van der Waals surface area contributed by atoms with Crippen molar-refractivity contribution >= 4 is 28.1 Å². The highest BCUT2D eigenvalue weighted by Crippen LogP contribution is 2.27. The normalized spacial score (nSPS) is 21.5. The molecule has 1 fully saturated rings. The fourth-order valence-corrected chi connectivity index (χ4v) is 4.34. The number of anilines is 1. The van der Waals surface area contributed by atoms with Crippen molar-refractivity contribution < 1.29 is 8.42 Å². The number of aryl methyl sites for hydroxylation is 1. The molecule has 3 N–H and O–H groups in total. The van der Waals surface area contributed by atoms with Crippen LogP contribution >= 0.6 is 12.4 Å². The quantitative estimate of drug-likeness (QED) is 0.852. The van der Waals surface area contributed by atoms with Gasteiger partial charge in [0.2, 0.25) is 10.0 Å². The number of rotatable bonds is 5. The van der Waals surface area contributed by atoms with Gasteiger partial charge >= 0.3 is 0 Å². The van der Waals surface area contributed by atoms with Gasteiger partial charge in [-0.05, 0) is 49.9 Å². The monoisotopic (exact) mass is 347 g/mol. The molecule has 0 heterocycles. The predicted octanol–water partition coefficient (Wildman–Crippen LogP) is 1.89. The molecule has 0 bridgehead atoms. The predicted molar refractivity (Wildman–Crippen MR) is 93.3 cm³/mol. The summed E-state index contributed by atoms with van der Waals surface area (Å²) in [6, 6.07) is 5.20. The highest BCUT2D eigenvalue weighted by Gasteiger charge is 2.30. The Morgan fingerprint density at radius 2 is 2.00 bits per heavy atom. The van der Waals surface area contributed by atoms with Crippen LogP contribution in [-0.4, -0.2) is 35.1 Å². The summed E-state index contributed by atoms with van der Waals surface area (Å²) in [5.41, 5.74) is 7.70. The van der Waals surface area contributed by atoms with Crippen LogP contribution in [0.3, 0.4) is 0 Å². The summed E-state index contributed by atoms with van der Waals surface area (Å²) in [5, 5.41) is 0. The van der Waals surface area contributed by atoms with E-state index in [0.717, 1.165) is 30.5 Å². The van der Waals surface area contributed by atoms with E-state index in [1.54, 1.807) is 12.1 Å². The minimum Gasteiger partial charge on any atom is -0.377 e. The summed E-state index contributed by atoms with van der Waals surface area (Å²) in [6.07, 6.45) is 2.90. The van der Waals surface area contributed by atoms with Gasteiger partial charge in [-0.1, -0.05) is 12.5 Å². The van der Waals surface area contributed by atoms with E-state index in [9.17, 15) is 8.42 Å². The van der Waals surface area contributed by atoms with Gasteiger partial charge in [0.25, 0.3) is 0 Å². The van der Waals surface area contributed by atoms with Gasteiger partial charge in [-0.25, -0.2) is 13.1 Å². The van der Waals surface area contributed by atoms with Crippen LogP contribution in [0.4, 0.5) is 5.69 Å². The summed E-state index contributed by atoms with van der Waals surface area (Å²) in [7, 11) is 0.329. The summed E-state index contributed by atoms with van der Waals surface area (Å²) in [5.74, 6) is 0.249. The molecule has 7 heteroatoms. The fraction of sp³-hybridized carbons (Fsp3) is 0.600. The zero-order valence-corrected chi connectivity index (χ0v) is 15.0. The number of hydrogen-bond acceptors (Lipinski definition) is 4. The standard InChI is InChI=1S/C15H25N3O2S.ClH/c1-11-7-8-13(9-15(11)18(2)3)21(19,20)17-14-6-4-5-12(14)10-16;/h7-9,12,14,17H,4-6,10,16H2,1-3H3;1H. The van der Waals surface area contributed by atoms with Crippen LogP contribution in [0.15, 0.2) is 23.1 Å². The van der Waals surface area contributed by atoms with E-state index in [1.165, 1.54) is 0 Å². The topological polar surface area (TPSA) is 75.4 Å². The van der Waals surface area contributed by atoms with Gasteiger partial charge in [-0.2, -0.15) is 0 Å². The lowest BCUT2D eigenvalue weighted by Crippen LogP contribution is -2.39. The van der Waals surface area contributed by atoms with Crippen molar-refractivity contribution in [2.24, 2.45) is 11.7 Å². The number of nitrogens with one attached hydrogen (secondary N) is 1. The van der Waals surface area contributed by atoms with E-state index in [0.29, 0.717) is 11.4 Å². The Balaban J connectivity index is 0.00000242. The minimum absolute atomic E-state index is 0. The second-order valence-corrected chi connectivity index (χ2v) is 7.71. The molecule has 5 nitrogen and oxygen atoms in total. The van der Waals surface area contributed by atoms with Gasteiger partial charge in [-0.15, -0.1) is 12.4 Å². The molecule has 2 unspecified atom stereocenters. The zero-order valence-electron chi connectivity index (χ0n) is 13.4. The van der Waals surface area contributed by atoms with Crippen molar-refractivity contribution in [2.75, 3.05) is 25.5 Å². The molecule has 1 aromatic carbocycles. The summed E-state index contributed by atoms with van der Waals surface area (Å²) in [4.78, 5) is 2.24. The molecule has 1 aliphatic rings. The first-order valence-corrected chi connectivity index (χ1v) is 8.84. The molecular weight excluding hydrogens is 322 g/mol. The Kier molecular flexibility index (Phi) is 6.67. The minimum atomic E-state index is -3.49. The number of benzene rings is 1. The number of hydrogen-bond donors (Lipinski definition) is 2. The van der Waals surface area contributed by atoms with Crippen molar-refractivity contribution in [3.63, 3.8) is 0 Å². The van der Waals surface area contributed by atoms with Crippen molar-refractivity contribution in [1.82, 2.24) is 4.72 Å². The third-order valence-electron chi connectivity index (χ3n) is 4.24. The second-order valence-electron chi connectivity index (χ2n) is 6.00. The van der Waals surface area contributed by atoms with Gasteiger partial charge in [-0.3, -0.25) is 0 Å². The lowest BCUT2D eigenvalue weighted by Gasteiger charge is -2.21. The van der Waals surface area contributed by atoms with Crippen LogP contribution in [-0.2, 0) is 10.0 Å². The van der Waals surface area contributed by atoms with E-state index in [2.05, 4.69) is 4.72 Å². The van der Waals surface area contributed by atoms with Crippen molar-refractivity contribution in [2.45, 2.75) is 37.1 Å². The molecule has 0 aromatic heterocycles. The molecule has 2 rings (SSSR count). The Labute approximate surface area is 139 Å². The Hall–Kier alpha value is -0.820. The molecule has 22 heavy (non-hydrogen) atoms. The summed E-state index contributed by atoms with van der Waals surface area (Å²) in [6.45, 7) is 2.50. The molecule has 0 aliphatic heterocycles. The maximum absolute atomic E-state index is 12.6. The second kappa shape index (κ2) is 7.64. The Bertz CT molecular complexity index is 605. The molecule has 0 radical (unpaired) electrons. The van der Waals surface area contributed by atoms with Gasteiger partial charge in [0.05, 0.1) is 4.90 Å². The van der Waals surface area contributed by atoms with Crippen LogP contribution in [0.2, 0.25) is 0 Å². The van der Waals surface area contributed by atoms with E-state index >= 15 is 0 Å². The van der Waals surface area contributed by atoms with Crippen LogP contribution in [0, 0.1) is 12.8 Å². The van der Waals surface area contributed by atoms with Crippen LogP contribution < -0.4 is 15.4 Å². The van der Waals surface area contributed by atoms with Crippen LogP contribution in [0.5, 0.6) is 0 Å². The molecule has 1 aliphatic carbocycles. The molecule has 0 amide bonds. The van der Waals surface area contributed by atoms with E-state index < -0.39 is 10.0 Å². The van der Waals surface area contributed by atoms with Crippen molar-refractivity contribution in [3.05, 3.63) is 23.8 Å². The first kappa shape index (κ1) is 19.2. The van der Waals surface area contributed by atoms with Gasteiger partial charge in [0.15, 0.2) is 0 Å². The van der Waals surface area contributed by atoms with Gasteiger partial charge in [0, 0.05) is 25.8 Å². The molecule has 126 valence electrons. The maximum atomic E-state index is 12.6. The SMILES string of the molecule is Cc1ccc(S(=O)(=O)NC2CCCC2CN)cc1N(C)C.Cl. The first-order chi connectivity index (χ1) is 9.85. The molecule has 0 saturated heterocycles.